The minimum absolute atomic E-state index is 0.0809. The van der Waals surface area contributed by atoms with Crippen molar-refractivity contribution in [3.8, 4) is 0 Å². The monoisotopic (exact) mass is 264 g/mol. The lowest BCUT2D eigenvalue weighted by molar-refractivity contribution is 0.579. The molecule has 1 aromatic heterocycles. The van der Waals surface area contributed by atoms with Gasteiger partial charge < -0.3 is 10.7 Å². The number of aromatic nitrogens is 1. The number of nitrogens with one attached hydrogen (secondary N) is 2. The second-order valence-electron chi connectivity index (χ2n) is 3.97. The number of rotatable bonds is 4. The first-order chi connectivity index (χ1) is 9.13. The first-order valence-electron chi connectivity index (χ1n) is 5.82. The lowest BCUT2D eigenvalue weighted by atomic mass is 10.1. The van der Waals surface area contributed by atoms with E-state index in [-0.39, 0.29) is 11.6 Å². The molecular weight excluding hydrogens is 250 g/mol. The molecule has 1 heterocycles. The molecule has 0 amide bonds. The Hall–Kier alpha value is -2.21. The van der Waals surface area contributed by atoms with E-state index in [0.29, 0.717) is 5.69 Å². The van der Waals surface area contributed by atoms with Crippen LogP contribution in [-0.4, -0.2) is 4.98 Å². The van der Waals surface area contributed by atoms with Crippen LogP contribution in [0.3, 0.4) is 0 Å². The van der Waals surface area contributed by atoms with Gasteiger partial charge in [-0.3, -0.25) is 0 Å². The fourth-order valence-electron chi connectivity index (χ4n) is 1.66. The molecule has 2 rings (SSSR count). The molecule has 0 aliphatic heterocycles. The van der Waals surface area contributed by atoms with Gasteiger partial charge >= 0.3 is 0 Å². The highest BCUT2D eigenvalue weighted by molar-refractivity contribution is 5.59. The predicted molar refractivity (Wildman–Crippen MR) is 71.1 cm³/mol. The van der Waals surface area contributed by atoms with Gasteiger partial charge in [0.15, 0.2) is 23.3 Å². The number of pyridine rings is 1. The number of nitrogens with two attached hydrogens (primary N) is 1. The molecule has 0 saturated heterocycles. The van der Waals surface area contributed by atoms with E-state index in [2.05, 4.69) is 15.7 Å². The average molecular weight is 264 g/mol. The largest absolute Gasteiger partial charge is 0.338 e. The number of aryl methyl sites for hydroxylation is 1. The van der Waals surface area contributed by atoms with Gasteiger partial charge in [-0.25, -0.2) is 19.6 Å². The van der Waals surface area contributed by atoms with Crippen LogP contribution in [0.25, 0.3) is 0 Å². The number of nitrogen functional groups attached to an aromatic ring is 1. The molecule has 0 spiro atoms. The Balaban J connectivity index is 2.32. The Kier molecular flexibility index (Phi) is 3.91. The van der Waals surface area contributed by atoms with Crippen molar-refractivity contribution in [3.05, 3.63) is 47.5 Å². The molecule has 6 heteroatoms. The lowest BCUT2D eigenvalue weighted by Gasteiger charge is -2.10. The van der Waals surface area contributed by atoms with Crippen LogP contribution in [0, 0.1) is 11.6 Å². The van der Waals surface area contributed by atoms with Crippen molar-refractivity contribution in [2.24, 2.45) is 5.84 Å². The van der Waals surface area contributed by atoms with Crippen molar-refractivity contribution >= 4 is 17.3 Å². The number of benzene rings is 1. The SMILES string of the molecule is CCc1cccc(Nc2nc(NN)c(F)cc2F)c1. The summed E-state index contributed by atoms with van der Waals surface area (Å²) in [7, 11) is 0. The van der Waals surface area contributed by atoms with Gasteiger partial charge in [-0.05, 0) is 24.1 Å². The number of halogens is 2. The Labute approximate surface area is 109 Å². The van der Waals surface area contributed by atoms with Gasteiger partial charge in [-0.2, -0.15) is 0 Å². The van der Waals surface area contributed by atoms with E-state index in [1.54, 1.807) is 6.07 Å². The number of hydrogen-bond donors (Lipinski definition) is 3. The molecule has 100 valence electrons. The average Bonchev–Trinajstić information content (AvgIpc) is 2.42. The normalized spacial score (nSPS) is 10.3. The first kappa shape index (κ1) is 13.2. The highest BCUT2D eigenvalue weighted by Crippen LogP contribution is 2.22. The zero-order chi connectivity index (χ0) is 13.8. The third kappa shape index (κ3) is 2.97. The summed E-state index contributed by atoms with van der Waals surface area (Å²) in [6.07, 6.45) is 0.866. The van der Waals surface area contributed by atoms with Crippen LogP contribution < -0.4 is 16.6 Å². The molecular formula is C13H14F2N4. The summed E-state index contributed by atoms with van der Waals surface area (Å²) in [5, 5.41) is 2.80. The van der Waals surface area contributed by atoms with Crippen LogP contribution in [0.5, 0.6) is 0 Å². The number of hydrazine groups is 1. The molecule has 0 atom stereocenters. The highest BCUT2D eigenvalue weighted by atomic mass is 19.1. The molecule has 0 fully saturated rings. The fourth-order valence-corrected chi connectivity index (χ4v) is 1.66. The van der Waals surface area contributed by atoms with E-state index >= 15 is 0 Å². The maximum Gasteiger partial charge on any atom is 0.178 e. The predicted octanol–water partition coefficient (Wildman–Crippen LogP) is 2.95. The number of hydrogen-bond acceptors (Lipinski definition) is 4. The van der Waals surface area contributed by atoms with Crippen molar-refractivity contribution in [2.45, 2.75) is 13.3 Å². The molecule has 4 N–H and O–H groups in total. The van der Waals surface area contributed by atoms with Gasteiger partial charge in [-0.15, -0.1) is 0 Å². The zero-order valence-electron chi connectivity index (χ0n) is 10.4. The van der Waals surface area contributed by atoms with E-state index < -0.39 is 11.6 Å². The van der Waals surface area contributed by atoms with Crippen LogP contribution in [0.1, 0.15) is 12.5 Å². The van der Waals surface area contributed by atoms with E-state index in [0.717, 1.165) is 18.1 Å². The van der Waals surface area contributed by atoms with Crippen molar-refractivity contribution in [1.82, 2.24) is 4.98 Å². The topological polar surface area (TPSA) is 63.0 Å². The third-order valence-corrected chi connectivity index (χ3v) is 2.66. The minimum Gasteiger partial charge on any atom is -0.338 e. The highest BCUT2D eigenvalue weighted by Gasteiger charge is 2.11. The van der Waals surface area contributed by atoms with Crippen molar-refractivity contribution in [3.63, 3.8) is 0 Å². The summed E-state index contributed by atoms with van der Waals surface area (Å²) in [6.45, 7) is 2.02. The molecule has 0 saturated carbocycles. The molecule has 4 nitrogen and oxygen atoms in total. The lowest BCUT2D eigenvalue weighted by Crippen LogP contribution is -2.12. The molecule has 0 aliphatic rings. The summed E-state index contributed by atoms with van der Waals surface area (Å²) in [5.41, 5.74) is 3.86. The Morgan fingerprint density at radius 1 is 1.16 bits per heavy atom. The van der Waals surface area contributed by atoms with Gasteiger partial charge in [-0.1, -0.05) is 19.1 Å². The second kappa shape index (κ2) is 5.62. The second-order valence-corrected chi connectivity index (χ2v) is 3.97. The molecule has 1 aromatic carbocycles. The first-order valence-corrected chi connectivity index (χ1v) is 5.82. The van der Waals surface area contributed by atoms with Crippen LogP contribution >= 0.6 is 0 Å². The van der Waals surface area contributed by atoms with E-state index in [4.69, 9.17) is 5.84 Å². The van der Waals surface area contributed by atoms with Crippen LogP contribution in [0.15, 0.2) is 30.3 Å². The summed E-state index contributed by atoms with van der Waals surface area (Å²) < 4.78 is 26.8. The smallest absolute Gasteiger partial charge is 0.178 e. The fraction of sp³-hybridized carbons (Fsp3) is 0.154. The Morgan fingerprint density at radius 3 is 2.58 bits per heavy atom. The number of nitrogens with zero attached hydrogens (tertiary/aromatic N) is 1. The summed E-state index contributed by atoms with van der Waals surface area (Å²) in [6, 6.07) is 8.20. The zero-order valence-corrected chi connectivity index (χ0v) is 10.4. The van der Waals surface area contributed by atoms with Gasteiger partial charge in [0.05, 0.1) is 0 Å². The molecule has 19 heavy (non-hydrogen) atoms. The Morgan fingerprint density at radius 2 is 1.89 bits per heavy atom. The molecule has 0 aliphatic carbocycles. The quantitative estimate of drug-likeness (QED) is 0.587. The van der Waals surface area contributed by atoms with Crippen molar-refractivity contribution in [1.29, 1.82) is 0 Å². The van der Waals surface area contributed by atoms with Crippen molar-refractivity contribution in [2.75, 3.05) is 10.7 Å². The molecule has 2 aromatic rings. The van der Waals surface area contributed by atoms with Gasteiger partial charge in [0, 0.05) is 11.8 Å². The standard InChI is InChI=1S/C13H14F2N4/c1-2-8-4-3-5-9(6-8)17-12-10(14)7-11(15)13(18-12)19-16/h3-7H,2,16H2,1H3,(H2,17,18,19). The molecule has 0 radical (unpaired) electrons. The number of anilines is 3. The maximum atomic E-state index is 13.6. The van der Waals surface area contributed by atoms with Gasteiger partial charge in [0.25, 0.3) is 0 Å². The van der Waals surface area contributed by atoms with Gasteiger partial charge in [0.1, 0.15) is 0 Å². The summed E-state index contributed by atoms with van der Waals surface area (Å²) >= 11 is 0. The van der Waals surface area contributed by atoms with Crippen molar-refractivity contribution < 1.29 is 8.78 Å². The van der Waals surface area contributed by atoms with Crippen LogP contribution in [0.4, 0.5) is 26.1 Å². The molecule has 0 bridgehead atoms. The van der Waals surface area contributed by atoms with Crippen LogP contribution in [0.2, 0.25) is 0 Å². The maximum absolute atomic E-state index is 13.6. The van der Waals surface area contributed by atoms with E-state index in [9.17, 15) is 8.78 Å². The van der Waals surface area contributed by atoms with Gasteiger partial charge in [0.2, 0.25) is 0 Å². The Bertz CT molecular complexity index is 587. The molecule has 0 unspecified atom stereocenters. The third-order valence-electron chi connectivity index (χ3n) is 2.66. The van der Waals surface area contributed by atoms with E-state index in [1.807, 2.05) is 25.1 Å². The summed E-state index contributed by atoms with van der Waals surface area (Å²) in [4.78, 5) is 3.74. The minimum atomic E-state index is -0.840. The van der Waals surface area contributed by atoms with E-state index in [1.165, 1.54) is 0 Å². The van der Waals surface area contributed by atoms with Crippen LogP contribution in [-0.2, 0) is 6.42 Å². The summed E-state index contributed by atoms with van der Waals surface area (Å²) in [5.74, 6) is 3.19.